The molecule has 1 aliphatic heterocycles. The van der Waals surface area contributed by atoms with Crippen LogP contribution < -0.4 is 0 Å². The molecule has 0 aromatic carbocycles. The van der Waals surface area contributed by atoms with E-state index in [-0.39, 0.29) is 6.04 Å². The van der Waals surface area contributed by atoms with Crippen molar-refractivity contribution in [3.05, 3.63) is 42.9 Å². The molecule has 0 amide bonds. The summed E-state index contributed by atoms with van der Waals surface area (Å²) in [7, 11) is 2.11. The van der Waals surface area contributed by atoms with Gasteiger partial charge in [-0.15, -0.1) is 0 Å². The Balaban J connectivity index is 1.44. The second kappa shape index (κ2) is 7.03. The smallest absolute Gasteiger partial charge is 0.149 e. The molecule has 6 rings (SSSR count). The van der Waals surface area contributed by atoms with Crippen LogP contribution >= 0.6 is 0 Å². The molecule has 4 aromatic rings. The van der Waals surface area contributed by atoms with Crippen molar-refractivity contribution < 1.29 is 0 Å². The molecule has 1 saturated carbocycles. The normalized spacial score (nSPS) is 17.5. The molecule has 0 spiro atoms. The van der Waals surface area contributed by atoms with Gasteiger partial charge in [-0.05, 0) is 25.8 Å². The summed E-state index contributed by atoms with van der Waals surface area (Å²) in [6, 6.07) is 4.47. The number of likely N-dealkylation sites (N-methyl/N-ethyl adjacent to an activating group) is 1. The lowest BCUT2D eigenvalue weighted by Gasteiger charge is -2.24. The Morgan fingerprint density at radius 2 is 2.13 bits per heavy atom. The summed E-state index contributed by atoms with van der Waals surface area (Å²) >= 11 is 0. The van der Waals surface area contributed by atoms with Crippen molar-refractivity contribution in [2.24, 2.45) is 5.92 Å². The Morgan fingerprint density at radius 1 is 1.23 bits per heavy atom. The number of fused-ring (bicyclic) bond motifs is 2. The maximum Gasteiger partial charge on any atom is 0.149 e. The summed E-state index contributed by atoms with van der Waals surface area (Å²) in [4.78, 5) is 16.5. The van der Waals surface area contributed by atoms with Gasteiger partial charge in [0.15, 0.2) is 0 Å². The fourth-order valence-corrected chi connectivity index (χ4v) is 4.53. The van der Waals surface area contributed by atoms with Crippen molar-refractivity contribution in [3.8, 4) is 28.8 Å². The Labute approximate surface area is 179 Å². The van der Waals surface area contributed by atoms with Gasteiger partial charge in [-0.1, -0.05) is 0 Å². The van der Waals surface area contributed by atoms with Crippen LogP contribution in [0.25, 0.3) is 28.4 Å². The maximum absolute atomic E-state index is 9.24. The Bertz CT molecular complexity index is 1300. The molecule has 0 radical (unpaired) electrons. The third kappa shape index (κ3) is 3.11. The predicted octanol–water partition coefficient (Wildman–Crippen LogP) is 2.77. The van der Waals surface area contributed by atoms with Gasteiger partial charge in [0.05, 0.1) is 54.4 Å². The van der Waals surface area contributed by atoms with Crippen molar-refractivity contribution in [2.45, 2.75) is 38.4 Å². The minimum atomic E-state index is 0.138. The summed E-state index contributed by atoms with van der Waals surface area (Å²) in [5, 5.41) is 13.8. The molecule has 2 aliphatic rings. The molecule has 0 N–H and O–H groups in total. The number of hydrogen-bond acceptors (Lipinski definition) is 6. The van der Waals surface area contributed by atoms with E-state index in [1.54, 1.807) is 6.20 Å². The van der Waals surface area contributed by atoms with Crippen LogP contribution in [-0.2, 0) is 13.1 Å². The summed E-state index contributed by atoms with van der Waals surface area (Å²) in [5.74, 6) is 2.41. The second-order valence-corrected chi connectivity index (χ2v) is 8.55. The molecular formula is C22H23N9. The van der Waals surface area contributed by atoms with E-state index in [9.17, 15) is 5.26 Å². The van der Waals surface area contributed by atoms with Crippen LogP contribution in [0.3, 0.4) is 0 Å². The van der Waals surface area contributed by atoms with Gasteiger partial charge in [0.2, 0.25) is 0 Å². The van der Waals surface area contributed by atoms with E-state index in [4.69, 9.17) is 4.98 Å². The molecule has 5 heterocycles. The van der Waals surface area contributed by atoms with Crippen molar-refractivity contribution in [3.63, 3.8) is 0 Å². The highest BCUT2D eigenvalue weighted by molar-refractivity contribution is 5.67. The quantitative estimate of drug-likeness (QED) is 0.499. The number of nitrogens with zero attached hydrogens (tertiary/aromatic N) is 9. The van der Waals surface area contributed by atoms with Gasteiger partial charge in [0, 0.05) is 37.7 Å². The van der Waals surface area contributed by atoms with E-state index in [0.29, 0.717) is 12.3 Å². The van der Waals surface area contributed by atoms with E-state index >= 15 is 0 Å². The van der Waals surface area contributed by atoms with Gasteiger partial charge in [-0.3, -0.25) is 14.0 Å². The number of hydrogen-bond donors (Lipinski definition) is 0. The molecule has 31 heavy (non-hydrogen) atoms. The third-order valence-corrected chi connectivity index (χ3v) is 6.37. The SMILES string of the molecule is CN1CCn2c(-c3cc4nccn4c(-c4cnn(C(CC#N)C5CC5)c4)n3)cnc2C1. The van der Waals surface area contributed by atoms with Gasteiger partial charge in [-0.25, -0.2) is 15.0 Å². The van der Waals surface area contributed by atoms with Crippen molar-refractivity contribution in [1.82, 2.24) is 38.6 Å². The highest BCUT2D eigenvalue weighted by Gasteiger charge is 2.33. The molecule has 1 aliphatic carbocycles. The lowest BCUT2D eigenvalue weighted by Crippen LogP contribution is -2.30. The van der Waals surface area contributed by atoms with Gasteiger partial charge < -0.3 is 4.57 Å². The summed E-state index contributed by atoms with van der Waals surface area (Å²) in [6.07, 6.45) is 12.3. The number of nitriles is 1. The van der Waals surface area contributed by atoms with E-state index in [1.807, 2.05) is 39.9 Å². The third-order valence-electron chi connectivity index (χ3n) is 6.37. The predicted molar refractivity (Wildman–Crippen MR) is 114 cm³/mol. The molecule has 1 atom stereocenters. The van der Waals surface area contributed by atoms with Gasteiger partial charge in [0.25, 0.3) is 0 Å². The molecule has 0 bridgehead atoms. The monoisotopic (exact) mass is 413 g/mol. The van der Waals surface area contributed by atoms with Crippen LogP contribution in [0.1, 0.15) is 31.1 Å². The van der Waals surface area contributed by atoms with Crippen molar-refractivity contribution >= 4 is 5.65 Å². The highest BCUT2D eigenvalue weighted by atomic mass is 15.3. The first-order chi connectivity index (χ1) is 15.2. The zero-order chi connectivity index (χ0) is 20.9. The molecular weight excluding hydrogens is 390 g/mol. The van der Waals surface area contributed by atoms with Crippen molar-refractivity contribution in [2.75, 3.05) is 13.6 Å². The zero-order valence-corrected chi connectivity index (χ0v) is 17.4. The van der Waals surface area contributed by atoms with E-state index < -0.39 is 0 Å². The fraction of sp³-hybridized carbons (Fsp3) is 0.409. The largest absolute Gasteiger partial charge is 0.324 e. The Hall–Kier alpha value is -3.51. The summed E-state index contributed by atoms with van der Waals surface area (Å²) in [6.45, 7) is 2.72. The lowest BCUT2D eigenvalue weighted by molar-refractivity contribution is 0.265. The molecule has 9 heteroatoms. The number of imidazole rings is 2. The van der Waals surface area contributed by atoms with Crippen LogP contribution in [0, 0.1) is 17.2 Å². The first-order valence-corrected chi connectivity index (χ1v) is 10.7. The minimum Gasteiger partial charge on any atom is -0.324 e. The number of aromatic nitrogens is 7. The van der Waals surface area contributed by atoms with Crippen LogP contribution in [0.4, 0.5) is 0 Å². The molecule has 1 fully saturated rings. The first kappa shape index (κ1) is 18.3. The van der Waals surface area contributed by atoms with Gasteiger partial charge in [0.1, 0.15) is 17.3 Å². The molecule has 9 nitrogen and oxygen atoms in total. The Kier molecular flexibility index (Phi) is 4.14. The van der Waals surface area contributed by atoms with Crippen LogP contribution in [0.2, 0.25) is 0 Å². The topological polar surface area (TPSA) is 92.9 Å². The van der Waals surface area contributed by atoms with E-state index in [2.05, 4.69) is 37.7 Å². The average Bonchev–Trinajstić information content (AvgIpc) is 3.16. The maximum atomic E-state index is 9.24. The van der Waals surface area contributed by atoms with Gasteiger partial charge >= 0.3 is 0 Å². The minimum absolute atomic E-state index is 0.138. The second-order valence-electron chi connectivity index (χ2n) is 8.55. The van der Waals surface area contributed by atoms with E-state index in [0.717, 1.165) is 53.9 Å². The molecule has 4 aromatic heterocycles. The van der Waals surface area contributed by atoms with Crippen molar-refractivity contribution in [1.29, 1.82) is 5.26 Å². The van der Waals surface area contributed by atoms with E-state index in [1.165, 1.54) is 12.8 Å². The van der Waals surface area contributed by atoms with Crippen LogP contribution in [-0.4, -0.2) is 52.2 Å². The molecule has 0 saturated heterocycles. The van der Waals surface area contributed by atoms with Crippen LogP contribution in [0.5, 0.6) is 0 Å². The zero-order valence-electron chi connectivity index (χ0n) is 17.4. The molecule has 1 unspecified atom stereocenters. The average molecular weight is 413 g/mol. The standard InChI is InChI=1S/C22H23N9/c1-28-8-9-29-19(12-25-21(29)14-28)17-10-20-24-6-7-30(20)22(27-17)16-11-26-31(13-16)18(4-5-23)15-2-3-15/h6-7,10-13,15,18H,2-4,8-9,14H2,1H3. The summed E-state index contributed by atoms with van der Waals surface area (Å²) in [5.41, 5.74) is 3.64. The van der Waals surface area contributed by atoms with Crippen LogP contribution in [0.15, 0.2) is 37.1 Å². The first-order valence-electron chi connectivity index (χ1n) is 10.7. The Morgan fingerprint density at radius 3 is 2.97 bits per heavy atom. The highest BCUT2D eigenvalue weighted by Crippen LogP contribution is 2.41. The molecule has 156 valence electrons. The fourth-order valence-electron chi connectivity index (χ4n) is 4.53. The lowest BCUT2D eigenvalue weighted by atomic mass is 10.1. The summed E-state index contributed by atoms with van der Waals surface area (Å²) < 4.78 is 6.19. The number of rotatable bonds is 5. The van der Waals surface area contributed by atoms with Gasteiger partial charge in [-0.2, -0.15) is 10.4 Å².